The van der Waals surface area contributed by atoms with Gasteiger partial charge in [-0.2, -0.15) is 0 Å². The number of rotatable bonds is 8. The Hall–Kier alpha value is -0.320. The fraction of sp³-hybridized carbons (Fsp3) is 0.571. The molecule has 0 amide bonds. The Kier molecular flexibility index (Phi) is 14.0. The van der Waals surface area contributed by atoms with Gasteiger partial charge in [0.25, 0.3) is 0 Å². The fourth-order valence-corrected chi connectivity index (χ4v) is 1.73. The van der Waals surface area contributed by atoms with E-state index in [0.29, 0.717) is 6.54 Å². The molecule has 1 rings (SSSR count). The molecule has 0 heterocycles. The number of unbranched alkanes of at least 4 members (excludes halogenated alkanes) is 1. The topological polar surface area (TPSA) is 58.3 Å². The lowest BCUT2D eigenvalue weighted by Crippen LogP contribution is -2.43. The molecule has 0 bridgehead atoms. The molecule has 0 unspecified atom stereocenters. The Morgan fingerprint density at radius 2 is 1.84 bits per heavy atom. The molecule has 0 aromatic heterocycles. The van der Waals surface area contributed by atoms with E-state index < -0.39 is 6.10 Å². The minimum absolute atomic E-state index is 0. The van der Waals surface area contributed by atoms with Crippen LogP contribution in [-0.2, 0) is 6.42 Å². The van der Waals surface area contributed by atoms with Crippen molar-refractivity contribution in [2.75, 3.05) is 13.1 Å². The third kappa shape index (κ3) is 9.25. The van der Waals surface area contributed by atoms with E-state index in [2.05, 4.69) is 12.2 Å². The maximum absolute atomic E-state index is 9.89. The standard InChI is InChI=1S/C14H24N2O.2ClH/c1-2-3-9-16-11-14(17)13(15)10-12-7-5-4-6-8-12;;/h4-8,13-14,16-17H,2-3,9-11,15H2,1H3;2*1H/t13-,14+;;/m0../s1. The number of hydrogen-bond donors (Lipinski definition) is 3. The molecule has 1 aromatic rings. The summed E-state index contributed by atoms with van der Waals surface area (Å²) in [6.45, 7) is 3.68. The van der Waals surface area contributed by atoms with Crippen LogP contribution in [-0.4, -0.2) is 30.3 Å². The molecule has 0 radical (unpaired) electrons. The van der Waals surface area contributed by atoms with Crippen LogP contribution in [0.3, 0.4) is 0 Å². The molecule has 3 nitrogen and oxygen atoms in total. The maximum atomic E-state index is 9.89. The van der Waals surface area contributed by atoms with E-state index in [9.17, 15) is 5.11 Å². The van der Waals surface area contributed by atoms with Crippen molar-refractivity contribution >= 4 is 24.8 Å². The van der Waals surface area contributed by atoms with E-state index in [1.165, 1.54) is 12.0 Å². The van der Waals surface area contributed by atoms with Crippen LogP contribution in [0.25, 0.3) is 0 Å². The Morgan fingerprint density at radius 1 is 1.21 bits per heavy atom. The molecule has 19 heavy (non-hydrogen) atoms. The van der Waals surface area contributed by atoms with Gasteiger partial charge in [0.05, 0.1) is 6.10 Å². The first-order chi connectivity index (χ1) is 8.24. The van der Waals surface area contributed by atoms with E-state index in [4.69, 9.17) is 5.73 Å². The molecule has 5 heteroatoms. The predicted octanol–water partition coefficient (Wildman–Crippen LogP) is 2.15. The van der Waals surface area contributed by atoms with E-state index in [1.807, 2.05) is 30.3 Å². The van der Waals surface area contributed by atoms with Gasteiger partial charge in [0.1, 0.15) is 0 Å². The van der Waals surface area contributed by atoms with Crippen LogP contribution in [0.4, 0.5) is 0 Å². The maximum Gasteiger partial charge on any atom is 0.0818 e. The van der Waals surface area contributed by atoms with Crippen LogP contribution < -0.4 is 11.1 Å². The average molecular weight is 309 g/mol. The molecule has 112 valence electrons. The first-order valence-electron chi connectivity index (χ1n) is 6.42. The second kappa shape index (κ2) is 12.7. The van der Waals surface area contributed by atoms with Crippen LogP contribution in [0.2, 0.25) is 0 Å². The van der Waals surface area contributed by atoms with Crippen molar-refractivity contribution in [3.8, 4) is 0 Å². The minimum atomic E-state index is -0.480. The van der Waals surface area contributed by atoms with E-state index in [-0.39, 0.29) is 30.9 Å². The van der Waals surface area contributed by atoms with Crippen LogP contribution in [0, 0.1) is 0 Å². The quantitative estimate of drug-likeness (QED) is 0.645. The van der Waals surface area contributed by atoms with Crippen LogP contribution in [0.5, 0.6) is 0 Å². The van der Waals surface area contributed by atoms with Crippen molar-refractivity contribution in [1.29, 1.82) is 0 Å². The fourth-order valence-electron chi connectivity index (χ4n) is 1.73. The van der Waals surface area contributed by atoms with Crippen molar-refractivity contribution in [1.82, 2.24) is 5.32 Å². The highest BCUT2D eigenvalue weighted by Gasteiger charge is 2.14. The van der Waals surface area contributed by atoms with Gasteiger partial charge in [-0.1, -0.05) is 43.7 Å². The highest BCUT2D eigenvalue weighted by molar-refractivity contribution is 5.85. The number of aliphatic hydroxyl groups is 1. The summed E-state index contributed by atoms with van der Waals surface area (Å²) >= 11 is 0. The number of benzene rings is 1. The average Bonchev–Trinajstić information content (AvgIpc) is 2.35. The van der Waals surface area contributed by atoms with Gasteiger partial charge in [-0.05, 0) is 24.9 Å². The smallest absolute Gasteiger partial charge is 0.0818 e. The number of nitrogens with one attached hydrogen (secondary N) is 1. The number of hydrogen-bond acceptors (Lipinski definition) is 3. The van der Waals surface area contributed by atoms with Crippen molar-refractivity contribution in [2.24, 2.45) is 5.73 Å². The summed E-state index contributed by atoms with van der Waals surface area (Å²) in [6, 6.07) is 9.85. The minimum Gasteiger partial charge on any atom is -0.390 e. The van der Waals surface area contributed by atoms with Gasteiger partial charge in [-0.3, -0.25) is 0 Å². The van der Waals surface area contributed by atoms with Crippen LogP contribution in [0.1, 0.15) is 25.3 Å². The second-order valence-corrected chi connectivity index (χ2v) is 4.48. The molecule has 2 atom stereocenters. The first-order valence-corrected chi connectivity index (χ1v) is 6.42. The Labute approximate surface area is 128 Å². The molecule has 0 fully saturated rings. The summed E-state index contributed by atoms with van der Waals surface area (Å²) in [7, 11) is 0. The third-order valence-electron chi connectivity index (χ3n) is 2.87. The molecule has 0 saturated carbocycles. The monoisotopic (exact) mass is 308 g/mol. The highest BCUT2D eigenvalue weighted by atomic mass is 35.5. The zero-order chi connectivity index (χ0) is 12.5. The van der Waals surface area contributed by atoms with Gasteiger partial charge in [-0.15, -0.1) is 24.8 Å². The van der Waals surface area contributed by atoms with Crippen molar-refractivity contribution < 1.29 is 5.11 Å². The summed E-state index contributed by atoms with van der Waals surface area (Å²) in [5, 5.41) is 13.1. The van der Waals surface area contributed by atoms with Gasteiger partial charge in [0.15, 0.2) is 0 Å². The van der Waals surface area contributed by atoms with Crippen molar-refractivity contribution in [3.05, 3.63) is 35.9 Å². The molecule has 4 N–H and O–H groups in total. The summed E-state index contributed by atoms with van der Waals surface area (Å²) in [4.78, 5) is 0. The largest absolute Gasteiger partial charge is 0.390 e. The molecule has 0 spiro atoms. The van der Waals surface area contributed by atoms with Gasteiger partial charge >= 0.3 is 0 Å². The van der Waals surface area contributed by atoms with E-state index >= 15 is 0 Å². The SMILES string of the molecule is CCCCNC[C@@H](O)[C@@H](N)Cc1ccccc1.Cl.Cl. The van der Waals surface area contributed by atoms with E-state index in [1.54, 1.807) is 0 Å². The number of halogens is 2. The first kappa shape index (κ1) is 21.0. The molecule has 0 aliphatic heterocycles. The molecular weight excluding hydrogens is 283 g/mol. The summed E-state index contributed by atoms with van der Waals surface area (Å²) in [5.41, 5.74) is 7.15. The number of nitrogens with two attached hydrogens (primary N) is 1. The molecular formula is C14H26Cl2N2O. The zero-order valence-electron chi connectivity index (χ0n) is 11.4. The highest BCUT2D eigenvalue weighted by Crippen LogP contribution is 2.04. The summed E-state index contributed by atoms with van der Waals surface area (Å²) in [6.07, 6.45) is 2.55. The summed E-state index contributed by atoms with van der Waals surface area (Å²) < 4.78 is 0. The van der Waals surface area contributed by atoms with Gasteiger partial charge in [0, 0.05) is 12.6 Å². The predicted molar refractivity (Wildman–Crippen MR) is 86.4 cm³/mol. The Balaban J connectivity index is 0. The lowest BCUT2D eigenvalue weighted by molar-refractivity contribution is 0.142. The summed E-state index contributed by atoms with van der Waals surface area (Å²) in [5.74, 6) is 0. The molecule has 1 aromatic carbocycles. The van der Waals surface area contributed by atoms with Crippen molar-refractivity contribution in [2.45, 2.75) is 38.3 Å². The zero-order valence-corrected chi connectivity index (χ0v) is 13.1. The van der Waals surface area contributed by atoms with Crippen molar-refractivity contribution in [3.63, 3.8) is 0 Å². The van der Waals surface area contributed by atoms with E-state index in [0.717, 1.165) is 19.4 Å². The molecule has 0 saturated heterocycles. The van der Waals surface area contributed by atoms with Crippen LogP contribution >= 0.6 is 24.8 Å². The molecule has 0 aliphatic rings. The van der Waals surface area contributed by atoms with Gasteiger partial charge < -0.3 is 16.2 Å². The second-order valence-electron chi connectivity index (χ2n) is 4.48. The normalized spacial score (nSPS) is 13.0. The van der Waals surface area contributed by atoms with Gasteiger partial charge in [-0.25, -0.2) is 0 Å². The Bertz CT molecular complexity index is 299. The van der Waals surface area contributed by atoms with Gasteiger partial charge in [0.2, 0.25) is 0 Å². The lowest BCUT2D eigenvalue weighted by atomic mass is 10.0. The Morgan fingerprint density at radius 3 is 2.42 bits per heavy atom. The lowest BCUT2D eigenvalue weighted by Gasteiger charge is -2.19. The number of aliphatic hydroxyl groups excluding tert-OH is 1. The molecule has 0 aliphatic carbocycles. The third-order valence-corrected chi connectivity index (χ3v) is 2.87. The van der Waals surface area contributed by atoms with Crippen LogP contribution in [0.15, 0.2) is 30.3 Å².